The summed E-state index contributed by atoms with van der Waals surface area (Å²) in [5.41, 5.74) is 6.09. The minimum absolute atomic E-state index is 1.00. The summed E-state index contributed by atoms with van der Waals surface area (Å²) in [4.78, 5) is 4.55. The first kappa shape index (κ1) is 15.6. The Labute approximate surface area is 148 Å². The van der Waals surface area contributed by atoms with Crippen molar-refractivity contribution in [3.05, 3.63) is 77.9 Å². The molecular weight excluding hydrogens is 306 g/mol. The number of imidazole rings is 1. The first-order chi connectivity index (χ1) is 12.0. The summed E-state index contributed by atoms with van der Waals surface area (Å²) >= 11 is 0. The van der Waals surface area contributed by atoms with Crippen LogP contribution in [0.4, 0.5) is 0 Å². The van der Waals surface area contributed by atoms with E-state index >= 15 is 0 Å². The Hall–Kier alpha value is -2.94. The fourth-order valence-electron chi connectivity index (χ4n) is 3.50. The molecule has 2 aromatic carbocycles. The van der Waals surface area contributed by atoms with Crippen molar-refractivity contribution in [2.45, 2.75) is 20.8 Å². The van der Waals surface area contributed by atoms with Crippen molar-refractivity contribution in [1.29, 1.82) is 0 Å². The number of fused-ring (bicyclic) bond motifs is 1. The summed E-state index contributed by atoms with van der Waals surface area (Å²) in [7, 11) is 2.04. The Bertz CT molecular complexity index is 1090. The minimum atomic E-state index is 1.00. The SMILES string of the molecule is Cc1cc(-c2nccn2C)c(C)c(-[n+]2cc3ccccc3cc2C)c1. The van der Waals surface area contributed by atoms with Crippen molar-refractivity contribution < 1.29 is 4.57 Å². The molecule has 4 aromatic rings. The van der Waals surface area contributed by atoms with Crippen LogP contribution in [0.15, 0.2) is 61.1 Å². The number of benzene rings is 2. The summed E-state index contributed by atoms with van der Waals surface area (Å²) in [6.07, 6.45) is 6.07. The molecule has 2 aromatic heterocycles. The van der Waals surface area contributed by atoms with Gasteiger partial charge in [0, 0.05) is 55.0 Å². The van der Waals surface area contributed by atoms with Crippen molar-refractivity contribution in [3.8, 4) is 17.1 Å². The molecule has 0 bridgehead atoms. The van der Waals surface area contributed by atoms with Crippen LogP contribution >= 0.6 is 0 Å². The number of nitrogens with zero attached hydrogens (tertiary/aromatic N) is 3. The molecule has 0 saturated carbocycles. The molecule has 0 amide bonds. The van der Waals surface area contributed by atoms with Crippen LogP contribution in [-0.4, -0.2) is 9.55 Å². The summed E-state index contributed by atoms with van der Waals surface area (Å²) in [6.45, 7) is 6.49. The maximum atomic E-state index is 4.55. The molecule has 3 heteroatoms. The molecule has 0 atom stereocenters. The van der Waals surface area contributed by atoms with Gasteiger partial charge in [0.25, 0.3) is 0 Å². The third-order valence-corrected chi connectivity index (χ3v) is 4.85. The molecule has 0 saturated heterocycles. The minimum Gasteiger partial charge on any atom is -0.334 e. The molecule has 0 spiro atoms. The van der Waals surface area contributed by atoms with Gasteiger partial charge in [0.15, 0.2) is 11.9 Å². The fourth-order valence-corrected chi connectivity index (χ4v) is 3.50. The highest BCUT2D eigenvalue weighted by atomic mass is 15.0. The molecule has 2 heterocycles. The van der Waals surface area contributed by atoms with Crippen LogP contribution in [0.25, 0.3) is 27.8 Å². The van der Waals surface area contributed by atoms with Gasteiger partial charge < -0.3 is 4.57 Å². The van der Waals surface area contributed by atoms with Crippen molar-refractivity contribution in [2.75, 3.05) is 0 Å². The Balaban J connectivity index is 1.99. The van der Waals surface area contributed by atoms with Gasteiger partial charge in [-0.2, -0.15) is 4.57 Å². The van der Waals surface area contributed by atoms with Gasteiger partial charge in [-0.15, -0.1) is 0 Å². The largest absolute Gasteiger partial charge is 0.334 e. The van der Waals surface area contributed by atoms with E-state index in [0.717, 1.165) is 5.82 Å². The average molecular weight is 328 g/mol. The van der Waals surface area contributed by atoms with E-state index in [2.05, 4.69) is 83.6 Å². The quantitative estimate of drug-likeness (QED) is 0.499. The summed E-state index contributed by atoms with van der Waals surface area (Å²) in [6, 6.07) is 15.2. The van der Waals surface area contributed by atoms with Gasteiger partial charge in [0.2, 0.25) is 5.69 Å². The van der Waals surface area contributed by atoms with E-state index in [-0.39, 0.29) is 0 Å². The number of pyridine rings is 1. The van der Waals surface area contributed by atoms with Crippen LogP contribution < -0.4 is 4.57 Å². The standard InChI is InChI=1S/C22H22N3/c1-15-11-20(22-23-9-10-24(22)4)17(3)21(12-15)25-14-19-8-6-5-7-18(19)13-16(25)2/h5-14H,1-4H3/q+1. The lowest BCUT2D eigenvalue weighted by molar-refractivity contribution is -0.601. The monoisotopic (exact) mass is 328 g/mol. The average Bonchev–Trinajstić information content (AvgIpc) is 3.02. The predicted octanol–water partition coefficient (Wildman–Crippen LogP) is 4.44. The zero-order valence-corrected chi connectivity index (χ0v) is 15.1. The van der Waals surface area contributed by atoms with Gasteiger partial charge in [-0.1, -0.05) is 18.2 Å². The number of rotatable bonds is 2. The van der Waals surface area contributed by atoms with Crippen LogP contribution in [0.5, 0.6) is 0 Å². The van der Waals surface area contributed by atoms with E-state index in [9.17, 15) is 0 Å². The number of hydrogen-bond donors (Lipinski definition) is 0. The lowest BCUT2D eigenvalue weighted by atomic mass is 10.0. The highest BCUT2D eigenvalue weighted by Crippen LogP contribution is 2.27. The highest BCUT2D eigenvalue weighted by Gasteiger charge is 2.20. The molecule has 124 valence electrons. The highest BCUT2D eigenvalue weighted by molar-refractivity contribution is 5.81. The lowest BCUT2D eigenvalue weighted by Gasteiger charge is -2.11. The Morgan fingerprint density at radius 3 is 2.44 bits per heavy atom. The van der Waals surface area contributed by atoms with Crippen LogP contribution in [0.2, 0.25) is 0 Å². The molecule has 0 aliphatic rings. The van der Waals surface area contributed by atoms with Crippen molar-refractivity contribution in [2.24, 2.45) is 7.05 Å². The first-order valence-electron chi connectivity index (χ1n) is 8.55. The Kier molecular flexibility index (Phi) is 3.65. The van der Waals surface area contributed by atoms with Crippen molar-refractivity contribution >= 4 is 10.8 Å². The van der Waals surface area contributed by atoms with Gasteiger partial charge in [0.1, 0.15) is 5.82 Å². The van der Waals surface area contributed by atoms with E-state index in [1.807, 2.05) is 19.4 Å². The van der Waals surface area contributed by atoms with E-state index in [1.165, 1.54) is 38.8 Å². The maximum absolute atomic E-state index is 4.55. The topological polar surface area (TPSA) is 21.7 Å². The number of hydrogen-bond acceptors (Lipinski definition) is 1. The summed E-state index contributed by atoms with van der Waals surface area (Å²) in [5.74, 6) is 1.00. The fraction of sp³-hybridized carbons (Fsp3) is 0.182. The molecule has 0 N–H and O–H groups in total. The molecule has 0 aliphatic carbocycles. The maximum Gasteiger partial charge on any atom is 0.214 e. The second-order valence-electron chi connectivity index (χ2n) is 6.73. The van der Waals surface area contributed by atoms with Crippen molar-refractivity contribution in [3.63, 3.8) is 0 Å². The Morgan fingerprint density at radius 1 is 0.960 bits per heavy atom. The molecule has 0 radical (unpaired) electrons. The third-order valence-electron chi connectivity index (χ3n) is 4.85. The molecule has 0 fully saturated rings. The Morgan fingerprint density at radius 2 is 1.72 bits per heavy atom. The van der Waals surface area contributed by atoms with Gasteiger partial charge in [-0.05, 0) is 36.9 Å². The first-order valence-corrected chi connectivity index (χ1v) is 8.55. The van der Waals surface area contributed by atoms with Crippen LogP contribution in [-0.2, 0) is 7.05 Å². The molecule has 0 aliphatic heterocycles. The second kappa shape index (κ2) is 5.85. The van der Waals surface area contributed by atoms with Gasteiger partial charge in [0.05, 0.1) is 0 Å². The second-order valence-corrected chi connectivity index (χ2v) is 6.73. The third kappa shape index (κ3) is 2.62. The summed E-state index contributed by atoms with van der Waals surface area (Å²) in [5, 5.41) is 2.51. The van der Waals surface area contributed by atoms with Crippen LogP contribution in [0.3, 0.4) is 0 Å². The van der Waals surface area contributed by atoms with E-state index in [4.69, 9.17) is 0 Å². The van der Waals surface area contributed by atoms with Crippen LogP contribution in [0, 0.1) is 20.8 Å². The molecule has 3 nitrogen and oxygen atoms in total. The van der Waals surface area contributed by atoms with Gasteiger partial charge in [-0.25, -0.2) is 4.98 Å². The lowest BCUT2D eigenvalue weighted by Crippen LogP contribution is -2.35. The van der Waals surface area contributed by atoms with Gasteiger partial charge in [-0.3, -0.25) is 0 Å². The van der Waals surface area contributed by atoms with E-state index in [0.29, 0.717) is 0 Å². The smallest absolute Gasteiger partial charge is 0.214 e. The molecule has 4 rings (SSSR count). The van der Waals surface area contributed by atoms with E-state index in [1.54, 1.807) is 0 Å². The molecular formula is C22H22N3+. The number of aryl methyl sites for hydroxylation is 3. The normalized spacial score (nSPS) is 11.2. The van der Waals surface area contributed by atoms with Crippen molar-refractivity contribution in [1.82, 2.24) is 9.55 Å². The summed E-state index contributed by atoms with van der Waals surface area (Å²) < 4.78 is 4.36. The zero-order valence-electron chi connectivity index (χ0n) is 15.1. The van der Waals surface area contributed by atoms with Gasteiger partial charge >= 0.3 is 0 Å². The van der Waals surface area contributed by atoms with E-state index < -0.39 is 0 Å². The molecule has 25 heavy (non-hydrogen) atoms. The number of aromatic nitrogens is 3. The van der Waals surface area contributed by atoms with Crippen LogP contribution in [0.1, 0.15) is 16.8 Å². The zero-order chi connectivity index (χ0) is 17.6. The molecule has 0 unspecified atom stereocenters. The predicted molar refractivity (Wildman–Crippen MR) is 102 cm³/mol.